The highest BCUT2D eigenvalue weighted by molar-refractivity contribution is 9.09. The maximum atomic E-state index is 12.9. The number of alkyl halides is 1. The molecule has 2 heterocycles. The number of halogens is 3. The number of benzene rings is 4. The molecule has 12 nitrogen and oxygen atoms in total. The molecule has 0 saturated carbocycles. The van der Waals surface area contributed by atoms with Crippen LogP contribution in [0, 0.1) is 11.8 Å². The fourth-order valence-corrected chi connectivity index (χ4v) is 8.02. The van der Waals surface area contributed by atoms with Gasteiger partial charge in [-0.25, -0.2) is 0 Å². The largest absolute Gasteiger partial charge is 0.497 e. The van der Waals surface area contributed by atoms with E-state index in [2.05, 4.69) is 26.0 Å². The Kier molecular flexibility index (Phi) is 20.6. The Labute approximate surface area is 387 Å². The second-order valence-electron chi connectivity index (χ2n) is 15.1. The first kappa shape index (κ1) is 50.4. The monoisotopic (exact) mass is 966 g/mol. The lowest BCUT2D eigenvalue weighted by Gasteiger charge is -2.38. The first-order chi connectivity index (χ1) is 30.2. The number of rotatable bonds is 15. The van der Waals surface area contributed by atoms with E-state index in [0.717, 1.165) is 33.8 Å². The van der Waals surface area contributed by atoms with E-state index >= 15 is 0 Å². The fraction of sp³-hybridized carbons (Fsp3) is 0.375. The van der Waals surface area contributed by atoms with Crippen molar-refractivity contribution in [2.24, 2.45) is 11.8 Å². The molecule has 2 fully saturated rings. The quantitative estimate of drug-likeness (QED) is 0.0917. The third-order valence-electron chi connectivity index (χ3n) is 10.9. The zero-order valence-corrected chi connectivity index (χ0v) is 38.9. The van der Waals surface area contributed by atoms with Gasteiger partial charge in [0.15, 0.2) is 0 Å². The van der Waals surface area contributed by atoms with Crippen LogP contribution < -0.4 is 14.8 Å². The molecule has 4 aromatic carbocycles. The molecule has 0 aromatic heterocycles. The van der Waals surface area contributed by atoms with E-state index in [9.17, 15) is 28.8 Å². The highest BCUT2D eigenvalue weighted by Crippen LogP contribution is 2.37. The molecule has 0 spiro atoms. The molecule has 336 valence electrons. The maximum Gasteiger partial charge on any atom is 0.325 e. The van der Waals surface area contributed by atoms with E-state index in [4.69, 9.17) is 37.4 Å². The van der Waals surface area contributed by atoms with Crippen molar-refractivity contribution in [3.63, 3.8) is 0 Å². The molecule has 63 heavy (non-hydrogen) atoms. The molecule has 2 amide bonds. The summed E-state index contributed by atoms with van der Waals surface area (Å²) in [6.45, 7) is 0.755. The van der Waals surface area contributed by atoms with Gasteiger partial charge in [0.05, 0.1) is 28.4 Å². The predicted molar refractivity (Wildman–Crippen MR) is 245 cm³/mol. The zero-order valence-electron chi connectivity index (χ0n) is 35.8. The van der Waals surface area contributed by atoms with Gasteiger partial charge < -0.3 is 29.2 Å². The van der Waals surface area contributed by atoms with E-state index in [1.807, 2.05) is 72.8 Å². The number of carbonyl (C=O) groups is 6. The molecule has 0 radical (unpaired) electrons. The molecule has 2 aliphatic heterocycles. The number of esters is 2. The minimum Gasteiger partial charge on any atom is -0.497 e. The molecule has 4 aromatic rings. The van der Waals surface area contributed by atoms with Crippen LogP contribution in [-0.4, -0.2) is 93.6 Å². The molecule has 0 aliphatic carbocycles. The molecule has 2 aliphatic rings. The lowest BCUT2D eigenvalue weighted by atomic mass is 9.77. The lowest BCUT2D eigenvalue weighted by Crippen LogP contribution is -2.46. The number of likely N-dealkylation sites (tertiary alicyclic amines) is 1. The number of piperidine rings is 2. The summed E-state index contributed by atoms with van der Waals surface area (Å²) in [6, 6.07) is 29.9. The number of hydrogen-bond donors (Lipinski definition) is 1. The normalized spacial score (nSPS) is 18.0. The van der Waals surface area contributed by atoms with Crippen molar-refractivity contribution in [3.05, 3.63) is 129 Å². The van der Waals surface area contributed by atoms with Crippen molar-refractivity contribution < 1.29 is 47.7 Å². The minimum absolute atomic E-state index is 0.0345. The Hall–Kier alpha value is -5.24. The molecular weight excluding hydrogens is 915 g/mol. The van der Waals surface area contributed by atoms with Crippen molar-refractivity contribution >= 4 is 74.5 Å². The van der Waals surface area contributed by atoms with Crippen molar-refractivity contribution in [2.75, 3.05) is 53.4 Å². The Bertz CT molecular complexity index is 2130. The number of nitrogens with one attached hydrogen (secondary N) is 1. The lowest BCUT2D eigenvalue weighted by molar-refractivity contribution is -0.149. The summed E-state index contributed by atoms with van der Waals surface area (Å²) in [4.78, 5) is 73.2. The molecule has 2 saturated heterocycles. The molecule has 1 N–H and O–H groups in total. The molecule has 2 unspecified atom stereocenters. The van der Waals surface area contributed by atoms with Gasteiger partial charge in [-0.05, 0) is 94.5 Å². The van der Waals surface area contributed by atoms with Crippen molar-refractivity contribution in [3.8, 4) is 11.5 Å². The molecule has 0 bridgehead atoms. The van der Waals surface area contributed by atoms with Gasteiger partial charge in [0, 0.05) is 61.7 Å². The van der Waals surface area contributed by atoms with Crippen LogP contribution in [0.3, 0.4) is 0 Å². The summed E-state index contributed by atoms with van der Waals surface area (Å²) < 4.78 is 19.4. The average Bonchev–Trinajstić information content (AvgIpc) is 3.29. The first-order valence-electron chi connectivity index (χ1n) is 20.3. The van der Waals surface area contributed by atoms with Crippen LogP contribution in [0.2, 0.25) is 10.0 Å². The van der Waals surface area contributed by atoms with Crippen molar-refractivity contribution in [1.29, 1.82) is 0 Å². The van der Waals surface area contributed by atoms with Crippen LogP contribution in [0.4, 0.5) is 0 Å². The smallest absolute Gasteiger partial charge is 0.325 e. The van der Waals surface area contributed by atoms with Gasteiger partial charge in [-0.1, -0.05) is 87.7 Å². The average molecular weight is 969 g/mol. The highest BCUT2D eigenvalue weighted by Gasteiger charge is 2.37. The maximum absolute atomic E-state index is 12.9. The van der Waals surface area contributed by atoms with Crippen LogP contribution in [0.5, 0.6) is 11.5 Å². The first-order valence-corrected chi connectivity index (χ1v) is 22.2. The summed E-state index contributed by atoms with van der Waals surface area (Å²) in [7, 11) is 5.87. The number of methoxy groups -OCH3 is 4. The number of nitrogens with zero attached hydrogens (tertiary/aromatic N) is 1. The molecular formula is C48H53BrCl2N2O10. The SMILES string of the molecule is COC(=O)CBr.COC(=O)CN1C[C@@H](CC(=O)Cc2ccc(Cl)cc2)C(c2ccc(OC)cc2)CC1=O.COc1ccc(C2CC(=O)NC[C@H]2CC(=O)Cc2ccc(Cl)cc2)cc1. The van der Waals surface area contributed by atoms with E-state index in [1.165, 1.54) is 19.1 Å². The second kappa shape index (κ2) is 25.8. The van der Waals surface area contributed by atoms with Crippen LogP contribution in [-0.2, 0) is 51.1 Å². The van der Waals surface area contributed by atoms with Gasteiger partial charge in [0.1, 0.15) is 34.9 Å². The number of carbonyl (C=O) groups excluding carboxylic acids is 6. The third-order valence-corrected chi connectivity index (χ3v) is 11.8. The standard InChI is InChI=1S/C24H26ClNO5.C21H22ClNO3.C3H5BrO2/c1-30-21-9-5-17(6-10-21)22-13-23(28)26(15-24(29)31-2)14-18(22)12-20(27)11-16-3-7-19(25)8-4-16;1-26-19-8-4-15(5-9-19)20-12-21(25)23-13-16(20)11-18(24)10-14-2-6-17(22)7-3-14;1-6-3(5)2-4/h3-10,18,22H,11-15H2,1-2H3;2-9,16,20H,10-13H2,1H3,(H,23,25);2H2,1H3/t18-,22?;16-,20?;/m11./s1. The fourth-order valence-electron chi connectivity index (χ4n) is 7.54. The van der Waals surface area contributed by atoms with Gasteiger partial charge in [-0.2, -0.15) is 0 Å². The van der Waals surface area contributed by atoms with Gasteiger partial charge in [-0.3, -0.25) is 28.8 Å². The van der Waals surface area contributed by atoms with Crippen molar-refractivity contribution in [2.45, 2.75) is 50.4 Å². The van der Waals surface area contributed by atoms with Crippen molar-refractivity contribution in [1.82, 2.24) is 10.2 Å². The summed E-state index contributed by atoms with van der Waals surface area (Å²) in [6.07, 6.45) is 2.09. The number of ether oxygens (including phenoxy) is 4. The topological polar surface area (TPSA) is 155 Å². The molecule has 6 rings (SSSR count). The van der Waals surface area contributed by atoms with Crippen LogP contribution in [0.25, 0.3) is 0 Å². The Morgan fingerprint density at radius 3 is 1.49 bits per heavy atom. The minimum atomic E-state index is -0.470. The summed E-state index contributed by atoms with van der Waals surface area (Å²) in [5.74, 6) is 0.905. The van der Waals surface area contributed by atoms with Gasteiger partial charge in [-0.15, -0.1) is 0 Å². The number of amides is 2. The van der Waals surface area contributed by atoms with E-state index in [0.29, 0.717) is 55.2 Å². The molecule has 4 atom stereocenters. The van der Waals surface area contributed by atoms with Gasteiger partial charge in [0.2, 0.25) is 11.8 Å². The summed E-state index contributed by atoms with van der Waals surface area (Å²) in [5, 5.41) is 4.47. The third kappa shape index (κ3) is 16.4. The van der Waals surface area contributed by atoms with Crippen LogP contribution in [0.1, 0.15) is 59.8 Å². The van der Waals surface area contributed by atoms with Gasteiger partial charge in [0.25, 0.3) is 0 Å². The Morgan fingerprint density at radius 2 is 1.08 bits per heavy atom. The van der Waals surface area contributed by atoms with Crippen LogP contribution >= 0.6 is 39.1 Å². The predicted octanol–water partition coefficient (Wildman–Crippen LogP) is 7.98. The Balaban J connectivity index is 0.000000248. The zero-order chi connectivity index (χ0) is 45.9. The number of ketones is 2. The molecule has 15 heteroatoms. The number of Topliss-reactive ketones (excluding diaryl/α,β-unsaturated/α-hetero) is 2. The Morgan fingerprint density at radius 1 is 0.635 bits per heavy atom. The number of hydrogen-bond acceptors (Lipinski definition) is 10. The van der Waals surface area contributed by atoms with Gasteiger partial charge >= 0.3 is 11.9 Å². The summed E-state index contributed by atoms with van der Waals surface area (Å²) in [5.41, 5.74) is 3.91. The van der Waals surface area contributed by atoms with E-state index < -0.39 is 5.97 Å². The highest BCUT2D eigenvalue weighted by atomic mass is 79.9. The second-order valence-corrected chi connectivity index (χ2v) is 16.6. The van der Waals surface area contributed by atoms with E-state index in [-0.39, 0.29) is 71.3 Å². The van der Waals surface area contributed by atoms with E-state index in [1.54, 1.807) is 38.5 Å². The summed E-state index contributed by atoms with van der Waals surface area (Å²) >= 11 is 14.7. The van der Waals surface area contributed by atoms with Crippen LogP contribution in [0.15, 0.2) is 97.1 Å².